The quantitative estimate of drug-likeness (QED) is 0.0399. The first kappa shape index (κ1) is 74.5. The summed E-state index contributed by atoms with van der Waals surface area (Å²) in [6, 6.07) is 8.81. The first-order chi connectivity index (χ1) is 43.5. The fourth-order valence-electron chi connectivity index (χ4n) is 12.0. The van der Waals surface area contributed by atoms with Crippen molar-refractivity contribution in [3.63, 3.8) is 0 Å². The van der Waals surface area contributed by atoms with Crippen LogP contribution in [-0.2, 0) is 85.5 Å². The van der Waals surface area contributed by atoms with Crippen LogP contribution in [0.25, 0.3) is 6.08 Å². The molecule has 0 spiro atoms. The van der Waals surface area contributed by atoms with Crippen LogP contribution in [0, 0.1) is 11.8 Å². The minimum atomic E-state index is -2.06. The van der Waals surface area contributed by atoms with E-state index in [0.29, 0.717) is 31.2 Å². The molecule has 0 saturated carbocycles. The van der Waals surface area contributed by atoms with Gasteiger partial charge in [-0.05, 0) is 71.4 Å². The maximum atomic E-state index is 14.3. The molecule has 8 N–H and O–H groups in total. The third-order valence-corrected chi connectivity index (χ3v) is 18.2. The van der Waals surface area contributed by atoms with Crippen LogP contribution >= 0.6 is 0 Å². The fourth-order valence-corrected chi connectivity index (χ4v) is 12.0. The average Bonchev–Trinajstić information content (AvgIpc) is 0.799. The van der Waals surface area contributed by atoms with Crippen molar-refractivity contribution in [2.75, 3.05) is 6.61 Å². The highest BCUT2D eigenvalue weighted by atomic mass is 16.8. The van der Waals surface area contributed by atoms with Crippen LogP contribution in [-0.4, -0.2) is 231 Å². The standard InChI is InChI=1S/C65H102O26/c1-10-13-20-27-40-28-23-17-15-14-16-18-24-29-42(67)85-56-49(74)51(36(7)80-64(56)90-55-47(72)44(69)35(6)78-63(55)82-40)88-65-58(87-60(77)34(5)12-3)57(91-61-48(73)46(71)45(70)41(32-66)83-61)53(38(9)81-65)89-62-50(75)54(52(37(8)79-62)86-59(76)33(4)11-2)84-43(68)31-30-39-25-21-19-22-26-39/h19,21-22,25-26,30-31,33-38,40-41,44-58,61-66,69-75H,10-18,20,23-24,27-29,32H2,1-9H3/b31-30+/t33-,34-,35+,36-,37-,38-,40-,41+,44-,45+,46-,47-,48+,49+,50+,51-,52-,53-,54-,55+,56+,57+,58+,61-,62-,63-,64-,65-/m0/s1. The van der Waals surface area contributed by atoms with Crippen LogP contribution < -0.4 is 0 Å². The second-order valence-electron chi connectivity index (χ2n) is 25.2. The third-order valence-electron chi connectivity index (χ3n) is 18.2. The summed E-state index contributed by atoms with van der Waals surface area (Å²) in [4.78, 5) is 55.2. The molecule has 6 saturated heterocycles. The molecule has 6 aliphatic heterocycles. The molecule has 0 bridgehead atoms. The number of hydrogen-bond acceptors (Lipinski definition) is 26. The lowest BCUT2D eigenvalue weighted by Crippen LogP contribution is -2.68. The predicted molar refractivity (Wildman–Crippen MR) is 319 cm³/mol. The van der Waals surface area contributed by atoms with Gasteiger partial charge in [-0.25, -0.2) is 4.79 Å². The van der Waals surface area contributed by atoms with E-state index >= 15 is 0 Å². The molecule has 91 heavy (non-hydrogen) atoms. The minimum Gasteiger partial charge on any atom is -0.455 e. The monoisotopic (exact) mass is 1300 g/mol. The summed E-state index contributed by atoms with van der Waals surface area (Å²) in [5.74, 6) is -4.61. The molecular formula is C65H102O26. The summed E-state index contributed by atoms with van der Waals surface area (Å²) in [5, 5.41) is 91.8. The molecule has 0 aliphatic carbocycles. The van der Waals surface area contributed by atoms with Crippen molar-refractivity contribution in [1.29, 1.82) is 0 Å². The molecule has 0 aromatic heterocycles. The van der Waals surface area contributed by atoms with Crippen molar-refractivity contribution in [1.82, 2.24) is 0 Å². The lowest BCUT2D eigenvalue weighted by atomic mass is 9.95. The number of aliphatic hydroxyl groups is 8. The smallest absolute Gasteiger partial charge is 0.331 e. The number of fused-ring (bicyclic) bond motifs is 2. The fraction of sp³-hybridized carbons (Fsp3) is 0.815. The summed E-state index contributed by atoms with van der Waals surface area (Å²) in [6.07, 6.45) is -27.8. The van der Waals surface area contributed by atoms with Crippen LogP contribution in [0.1, 0.15) is 164 Å². The van der Waals surface area contributed by atoms with Crippen molar-refractivity contribution in [2.45, 2.75) is 318 Å². The molecule has 0 radical (unpaired) electrons. The van der Waals surface area contributed by atoms with Crippen molar-refractivity contribution < 1.29 is 126 Å². The molecule has 0 amide bonds. The van der Waals surface area contributed by atoms with Crippen molar-refractivity contribution in [3.8, 4) is 0 Å². The zero-order chi connectivity index (χ0) is 66.2. The number of carbonyl (C=O) groups excluding carboxylic acids is 4. The van der Waals surface area contributed by atoms with Crippen LogP contribution in [0.4, 0.5) is 0 Å². The van der Waals surface area contributed by atoms with Gasteiger partial charge in [-0.3, -0.25) is 14.4 Å². The Morgan fingerprint density at radius 1 is 0.538 bits per heavy atom. The Labute approximate surface area is 533 Å². The normalized spacial score (nSPS) is 40.6. The van der Waals surface area contributed by atoms with E-state index in [1.54, 1.807) is 65.0 Å². The topological polar surface area (TPSA) is 359 Å². The summed E-state index contributed by atoms with van der Waals surface area (Å²) in [5.41, 5.74) is 0.648. The number of hydrogen-bond donors (Lipinski definition) is 8. The van der Waals surface area contributed by atoms with Crippen molar-refractivity contribution in [3.05, 3.63) is 42.0 Å². The first-order valence-electron chi connectivity index (χ1n) is 33.0. The zero-order valence-electron chi connectivity index (χ0n) is 53.9. The number of ether oxygens (including phenoxy) is 14. The largest absolute Gasteiger partial charge is 0.455 e. The number of benzene rings is 1. The van der Waals surface area contributed by atoms with E-state index in [4.69, 9.17) is 66.3 Å². The molecular weight excluding hydrogens is 1200 g/mol. The number of unbranched alkanes of at least 4 members (excludes halogenated alkanes) is 2. The molecule has 26 heteroatoms. The molecule has 1 aromatic carbocycles. The second kappa shape index (κ2) is 35.7. The van der Waals surface area contributed by atoms with E-state index < -0.39 is 196 Å². The van der Waals surface area contributed by atoms with Crippen molar-refractivity contribution >= 4 is 30.0 Å². The molecule has 6 aliphatic rings. The summed E-state index contributed by atoms with van der Waals surface area (Å²) >= 11 is 0. The van der Waals surface area contributed by atoms with Crippen LogP contribution in [0.2, 0.25) is 0 Å². The van der Waals surface area contributed by atoms with Gasteiger partial charge < -0.3 is 107 Å². The van der Waals surface area contributed by atoms with Gasteiger partial charge in [0.1, 0.15) is 73.2 Å². The van der Waals surface area contributed by atoms with Gasteiger partial charge >= 0.3 is 23.9 Å². The van der Waals surface area contributed by atoms with Gasteiger partial charge in [0, 0.05) is 12.5 Å². The van der Waals surface area contributed by atoms with Gasteiger partial charge in [0.05, 0.1) is 49.0 Å². The Bertz CT molecular complexity index is 2400. The van der Waals surface area contributed by atoms with Gasteiger partial charge in [-0.2, -0.15) is 0 Å². The maximum Gasteiger partial charge on any atom is 0.331 e. The SMILES string of the molecule is CCCCC[C@H]1CCCCCCCCCC(=O)O[C@H]2[C@H](O[C@H]3[C@H](O1)O[C@H](C)[C@H](O)[C@@H]3O)O[C@@H](C)[C@H](O[C@@H]1O[C@@H](C)[C@H](O[C@@H]3O[C@@H](C)[C@H](OC(=O)[C@@H](C)CC)[C@@H](OC(=O)/C=C/c4ccccc4)[C@H]3O)[C@@H](O[C@@H]3O[C@H](CO)[C@@H](O)[C@H](O)[C@H]3O)[C@H]1OC(=O)[C@@H](C)CC)[C@H]2O. The molecule has 28 atom stereocenters. The Morgan fingerprint density at radius 3 is 1.77 bits per heavy atom. The summed E-state index contributed by atoms with van der Waals surface area (Å²) in [7, 11) is 0. The van der Waals surface area contributed by atoms with E-state index in [-0.39, 0.29) is 18.9 Å². The number of esters is 4. The maximum absolute atomic E-state index is 14.3. The summed E-state index contributed by atoms with van der Waals surface area (Å²) < 4.78 is 88.6. The Morgan fingerprint density at radius 2 is 1.11 bits per heavy atom. The molecule has 1 aromatic rings. The lowest BCUT2D eigenvalue weighted by molar-refractivity contribution is -0.400. The Balaban J connectivity index is 1.25. The van der Waals surface area contributed by atoms with Gasteiger partial charge in [0.25, 0.3) is 0 Å². The van der Waals surface area contributed by atoms with E-state index in [2.05, 4.69) is 6.92 Å². The van der Waals surface area contributed by atoms with Gasteiger partial charge in [-0.1, -0.05) is 123 Å². The molecule has 7 rings (SSSR count). The van der Waals surface area contributed by atoms with Gasteiger partial charge in [0.2, 0.25) is 0 Å². The number of rotatable bonds is 20. The van der Waals surface area contributed by atoms with Crippen molar-refractivity contribution in [2.24, 2.45) is 11.8 Å². The predicted octanol–water partition coefficient (Wildman–Crippen LogP) is 3.69. The molecule has 6 fully saturated rings. The highest BCUT2D eigenvalue weighted by Gasteiger charge is 2.59. The number of carbonyl (C=O) groups is 4. The molecule has 518 valence electrons. The lowest BCUT2D eigenvalue weighted by Gasteiger charge is -2.51. The van der Waals surface area contributed by atoms with E-state index in [1.807, 2.05) is 0 Å². The average molecular weight is 1300 g/mol. The number of aliphatic hydroxyl groups excluding tert-OH is 8. The van der Waals surface area contributed by atoms with E-state index in [1.165, 1.54) is 26.8 Å². The molecule has 6 heterocycles. The van der Waals surface area contributed by atoms with Gasteiger partial charge in [0.15, 0.2) is 55.9 Å². The Hall–Kier alpha value is -3.88. The zero-order valence-corrected chi connectivity index (χ0v) is 53.9. The minimum absolute atomic E-state index is 0.0562. The second-order valence-corrected chi connectivity index (χ2v) is 25.2. The Kier molecular flexibility index (Phi) is 29.3. The third kappa shape index (κ3) is 19.6. The highest BCUT2D eigenvalue weighted by molar-refractivity contribution is 5.87. The van der Waals surface area contributed by atoms with Gasteiger partial charge in [-0.15, -0.1) is 0 Å². The highest BCUT2D eigenvalue weighted by Crippen LogP contribution is 2.40. The summed E-state index contributed by atoms with van der Waals surface area (Å²) in [6.45, 7) is 14.0. The van der Waals surface area contributed by atoms with Crippen LogP contribution in [0.3, 0.4) is 0 Å². The van der Waals surface area contributed by atoms with E-state index in [0.717, 1.165) is 63.9 Å². The van der Waals surface area contributed by atoms with Crippen LogP contribution in [0.15, 0.2) is 36.4 Å². The van der Waals surface area contributed by atoms with Crippen LogP contribution in [0.5, 0.6) is 0 Å². The first-order valence-corrected chi connectivity index (χ1v) is 33.0. The molecule has 0 unspecified atom stereocenters. The van der Waals surface area contributed by atoms with E-state index in [9.17, 15) is 60.0 Å². The molecule has 26 nitrogen and oxygen atoms in total.